The van der Waals surface area contributed by atoms with Gasteiger partial charge < -0.3 is 4.74 Å². The Hall–Kier alpha value is -1.14. The van der Waals surface area contributed by atoms with Crippen LogP contribution < -0.4 is 4.74 Å². The van der Waals surface area contributed by atoms with Crippen LogP contribution in [0.3, 0.4) is 0 Å². The van der Waals surface area contributed by atoms with Crippen molar-refractivity contribution in [2.75, 3.05) is 12.9 Å². The van der Waals surface area contributed by atoms with Gasteiger partial charge in [0, 0.05) is 5.75 Å². The highest BCUT2D eigenvalue weighted by atomic mass is 32.2. The molecule has 1 atom stereocenters. The lowest BCUT2D eigenvalue weighted by Gasteiger charge is -2.20. The van der Waals surface area contributed by atoms with Crippen LogP contribution in [0.4, 0.5) is 0 Å². The number of methoxy groups -OCH3 is 1. The lowest BCUT2D eigenvalue weighted by molar-refractivity contribution is 0.400. The largest absolute Gasteiger partial charge is 0.496 e. The van der Waals surface area contributed by atoms with E-state index in [0.29, 0.717) is 5.92 Å². The average Bonchev–Trinajstić information content (AvgIpc) is 2.34. The highest BCUT2D eigenvalue weighted by Gasteiger charge is 2.16. The van der Waals surface area contributed by atoms with Gasteiger partial charge in [-0.15, -0.1) is 0 Å². The zero-order valence-corrected chi connectivity index (χ0v) is 12.4. The molecular weight excluding hydrogens is 242 g/mol. The van der Waals surface area contributed by atoms with Gasteiger partial charge in [-0.05, 0) is 55.5 Å². The summed E-state index contributed by atoms with van der Waals surface area (Å²) in [4.78, 5) is 0. The quantitative estimate of drug-likeness (QED) is 0.563. The van der Waals surface area contributed by atoms with Crippen molar-refractivity contribution < 1.29 is 4.74 Å². The summed E-state index contributed by atoms with van der Waals surface area (Å²) in [5.74, 6) is 2.36. The molecule has 0 saturated heterocycles. The Labute approximate surface area is 114 Å². The Morgan fingerprint density at radius 3 is 2.67 bits per heavy atom. The molecule has 0 N–H and O–H groups in total. The fraction of sp³-hybridized carbons (Fsp3) is 0.533. The first-order valence-corrected chi connectivity index (χ1v) is 7.28. The molecule has 1 rings (SSSR count). The van der Waals surface area contributed by atoms with Gasteiger partial charge in [0.25, 0.3) is 0 Å². The Bertz CT molecular complexity index is 437. The molecule has 18 heavy (non-hydrogen) atoms. The van der Waals surface area contributed by atoms with Gasteiger partial charge in [-0.2, -0.15) is 5.26 Å². The van der Waals surface area contributed by atoms with E-state index < -0.39 is 0 Å². The van der Waals surface area contributed by atoms with Crippen LogP contribution >= 0.6 is 11.8 Å². The highest BCUT2D eigenvalue weighted by molar-refractivity contribution is 8.03. The summed E-state index contributed by atoms with van der Waals surface area (Å²) in [6, 6.07) is 4.37. The number of aryl methyl sites for hydroxylation is 2. The molecule has 0 saturated carbocycles. The fourth-order valence-corrected chi connectivity index (χ4v) is 2.89. The maximum atomic E-state index is 8.60. The molecule has 0 spiro atoms. The molecule has 0 bridgehead atoms. The van der Waals surface area contributed by atoms with Crippen molar-refractivity contribution in [3.63, 3.8) is 0 Å². The van der Waals surface area contributed by atoms with E-state index in [1.807, 2.05) is 0 Å². The molecule has 0 radical (unpaired) electrons. The third-order valence-corrected chi connectivity index (χ3v) is 3.79. The Kier molecular flexibility index (Phi) is 6.07. The molecule has 0 aliphatic carbocycles. The fourth-order valence-electron chi connectivity index (χ4n) is 2.40. The Morgan fingerprint density at radius 1 is 1.39 bits per heavy atom. The Morgan fingerprint density at radius 2 is 2.11 bits per heavy atom. The van der Waals surface area contributed by atoms with Crippen LogP contribution in [-0.4, -0.2) is 12.9 Å². The summed E-state index contributed by atoms with van der Waals surface area (Å²) < 4.78 is 5.55. The van der Waals surface area contributed by atoms with Crippen LogP contribution in [0.2, 0.25) is 0 Å². The van der Waals surface area contributed by atoms with Gasteiger partial charge >= 0.3 is 0 Å². The topological polar surface area (TPSA) is 33.0 Å². The average molecular weight is 263 g/mol. The van der Waals surface area contributed by atoms with Crippen molar-refractivity contribution >= 4 is 11.8 Å². The normalized spacial score (nSPS) is 11.9. The number of rotatable bonds is 6. The predicted octanol–water partition coefficient (Wildman–Crippen LogP) is 4.41. The molecule has 0 aliphatic rings. The van der Waals surface area contributed by atoms with Gasteiger partial charge in [0.05, 0.1) is 7.11 Å². The van der Waals surface area contributed by atoms with Gasteiger partial charge in [0.15, 0.2) is 0 Å². The van der Waals surface area contributed by atoms with Gasteiger partial charge in [-0.3, -0.25) is 0 Å². The van der Waals surface area contributed by atoms with Crippen molar-refractivity contribution in [2.45, 2.75) is 39.5 Å². The first-order valence-electron chi connectivity index (χ1n) is 6.30. The minimum Gasteiger partial charge on any atom is -0.496 e. The number of nitrogens with zero attached hydrogens (tertiary/aromatic N) is 1. The molecule has 98 valence electrons. The molecule has 0 amide bonds. The number of hydrogen-bond donors (Lipinski definition) is 0. The molecule has 3 heteroatoms. The molecule has 0 aliphatic heterocycles. The van der Waals surface area contributed by atoms with E-state index in [2.05, 4.69) is 38.3 Å². The van der Waals surface area contributed by atoms with E-state index in [9.17, 15) is 0 Å². The van der Waals surface area contributed by atoms with Crippen molar-refractivity contribution in [3.8, 4) is 11.2 Å². The third-order valence-electron chi connectivity index (χ3n) is 3.22. The maximum Gasteiger partial charge on any atom is 0.133 e. The second-order valence-corrected chi connectivity index (χ2v) is 5.42. The summed E-state index contributed by atoms with van der Waals surface area (Å²) in [5, 5.41) is 10.7. The van der Waals surface area contributed by atoms with E-state index in [0.717, 1.165) is 24.3 Å². The molecule has 1 unspecified atom stereocenters. The van der Waals surface area contributed by atoms with Crippen LogP contribution in [0.1, 0.15) is 42.4 Å². The SMILES string of the molecule is CCC(CCSC#N)c1cc(C)cc(C)c1OC. The molecule has 2 nitrogen and oxygen atoms in total. The lowest BCUT2D eigenvalue weighted by Crippen LogP contribution is -2.04. The van der Waals surface area contributed by atoms with Gasteiger partial charge in [-0.1, -0.05) is 24.6 Å². The van der Waals surface area contributed by atoms with E-state index in [1.165, 1.54) is 28.5 Å². The molecule has 1 aromatic rings. The van der Waals surface area contributed by atoms with Crippen LogP contribution in [-0.2, 0) is 0 Å². The van der Waals surface area contributed by atoms with Gasteiger partial charge in [0.1, 0.15) is 11.2 Å². The standard InChI is InChI=1S/C15H21NOS/c1-5-13(6-7-18-10-16)14-9-11(2)8-12(3)15(14)17-4/h8-9,13H,5-7H2,1-4H3. The molecule has 1 aromatic carbocycles. The van der Waals surface area contributed by atoms with E-state index in [-0.39, 0.29) is 0 Å². The first-order chi connectivity index (χ1) is 8.63. The van der Waals surface area contributed by atoms with Crippen LogP contribution in [0.5, 0.6) is 5.75 Å². The van der Waals surface area contributed by atoms with Crippen molar-refractivity contribution in [3.05, 3.63) is 28.8 Å². The van der Waals surface area contributed by atoms with Crippen molar-refractivity contribution in [1.82, 2.24) is 0 Å². The van der Waals surface area contributed by atoms with E-state index >= 15 is 0 Å². The minimum atomic E-state index is 0.472. The molecular formula is C15H21NOS. The summed E-state index contributed by atoms with van der Waals surface area (Å²) in [5.41, 5.74) is 3.75. The van der Waals surface area contributed by atoms with Gasteiger partial charge in [0.2, 0.25) is 0 Å². The second-order valence-electron chi connectivity index (χ2n) is 4.54. The van der Waals surface area contributed by atoms with E-state index in [1.54, 1.807) is 7.11 Å². The number of thioether (sulfide) groups is 1. The summed E-state index contributed by atoms with van der Waals surface area (Å²) in [6.45, 7) is 6.40. The summed E-state index contributed by atoms with van der Waals surface area (Å²) >= 11 is 1.33. The zero-order valence-electron chi connectivity index (χ0n) is 11.6. The van der Waals surface area contributed by atoms with E-state index in [4.69, 9.17) is 10.00 Å². The Balaban J connectivity index is 3.00. The monoisotopic (exact) mass is 263 g/mol. The number of hydrogen-bond acceptors (Lipinski definition) is 3. The predicted molar refractivity (Wildman–Crippen MR) is 78.2 cm³/mol. The lowest BCUT2D eigenvalue weighted by atomic mass is 9.90. The van der Waals surface area contributed by atoms with Crippen molar-refractivity contribution in [1.29, 1.82) is 5.26 Å². The number of ether oxygens (including phenoxy) is 1. The highest BCUT2D eigenvalue weighted by Crippen LogP contribution is 2.35. The van der Waals surface area contributed by atoms with Crippen LogP contribution in [0, 0.1) is 24.5 Å². The summed E-state index contributed by atoms with van der Waals surface area (Å²) in [7, 11) is 1.73. The number of nitriles is 1. The maximum absolute atomic E-state index is 8.60. The molecule has 0 heterocycles. The minimum absolute atomic E-state index is 0.472. The second kappa shape index (κ2) is 7.33. The van der Waals surface area contributed by atoms with Gasteiger partial charge in [-0.25, -0.2) is 0 Å². The number of benzene rings is 1. The first kappa shape index (κ1) is 14.9. The summed E-state index contributed by atoms with van der Waals surface area (Å²) in [6.07, 6.45) is 2.10. The van der Waals surface area contributed by atoms with Crippen LogP contribution in [0.15, 0.2) is 12.1 Å². The molecule has 0 fully saturated rings. The number of thiocyanates is 1. The zero-order chi connectivity index (χ0) is 13.5. The molecule has 0 aromatic heterocycles. The third kappa shape index (κ3) is 3.68. The van der Waals surface area contributed by atoms with Crippen molar-refractivity contribution in [2.24, 2.45) is 0 Å². The van der Waals surface area contributed by atoms with Crippen LogP contribution in [0.25, 0.3) is 0 Å². The smallest absolute Gasteiger partial charge is 0.133 e.